The highest BCUT2D eigenvalue weighted by Crippen LogP contribution is 2.46. The van der Waals surface area contributed by atoms with E-state index in [4.69, 9.17) is 0 Å². The van der Waals surface area contributed by atoms with Crippen molar-refractivity contribution in [3.63, 3.8) is 0 Å². The topological polar surface area (TPSA) is 6.48 Å². The Balaban J connectivity index is 0.998. The summed E-state index contributed by atoms with van der Waals surface area (Å²) < 4.78 is 0. The van der Waals surface area contributed by atoms with Crippen LogP contribution in [-0.4, -0.2) is 0 Å². The fraction of sp³-hybridized carbons (Fsp3) is 0.0566. The van der Waals surface area contributed by atoms with Gasteiger partial charge >= 0.3 is 0 Å². The van der Waals surface area contributed by atoms with Crippen molar-refractivity contribution in [2.75, 3.05) is 9.80 Å². The third-order valence-electron chi connectivity index (χ3n) is 11.1. The maximum atomic E-state index is 2.43. The van der Waals surface area contributed by atoms with Gasteiger partial charge in [0.25, 0.3) is 0 Å². The van der Waals surface area contributed by atoms with Crippen LogP contribution in [0.2, 0.25) is 0 Å². The molecule has 0 spiro atoms. The first-order valence-corrected chi connectivity index (χ1v) is 19.3. The fourth-order valence-electron chi connectivity index (χ4n) is 8.25. The molecule has 0 bridgehead atoms. The minimum Gasteiger partial charge on any atom is -0.311 e. The molecule has 0 N–H and O–H groups in total. The average molecular weight is 705 g/mol. The average Bonchev–Trinajstić information content (AvgIpc) is 3.26. The highest BCUT2D eigenvalue weighted by atomic mass is 15.2. The molecular formula is C53H40N2. The maximum absolute atomic E-state index is 2.43. The second kappa shape index (κ2) is 14.2. The zero-order valence-electron chi connectivity index (χ0n) is 30.6. The first-order valence-electron chi connectivity index (χ1n) is 19.3. The van der Waals surface area contributed by atoms with Crippen LogP contribution in [0.1, 0.15) is 29.5 Å². The molecule has 0 unspecified atom stereocenters. The van der Waals surface area contributed by atoms with Crippen LogP contribution < -0.4 is 9.80 Å². The number of hydrogen-bond acceptors (Lipinski definition) is 2. The van der Waals surface area contributed by atoms with Gasteiger partial charge < -0.3 is 9.80 Å². The van der Waals surface area contributed by atoms with Crippen molar-refractivity contribution >= 4 is 50.5 Å². The van der Waals surface area contributed by atoms with Crippen LogP contribution in [0, 0.1) is 0 Å². The number of allylic oxidation sites excluding steroid dienone is 4. The molecule has 0 fully saturated rings. The number of benzene rings is 8. The van der Waals surface area contributed by atoms with Gasteiger partial charge in [0, 0.05) is 40.5 Å². The zero-order chi connectivity index (χ0) is 36.6. The van der Waals surface area contributed by atoms with Gasteiger partial charge in [-0.05, 0) is 135 Å². The molecule has 262 valence electrons. The third-order valence-corrected chi connectivity index (χ3v) is 11.1. The molecule has 0 atom stereocenters. The minimum atomic E-state index is 0.900. The van der Waals surface area contributed by atoms with Crippen LogP contribution in [0.4, 0.5) is 34.1 Å². The summed E-state index contributed by atoms with van der Waals surface area (Å²) in [4.78, 5) is 4.79. The van der Waals surface area contributed by atoms with E-state index in [-0.39, 0.29) is 0 Å². The quantitative estimate of drug-likeness (QED) is 0.163. The maximum Gasteiger partial charge on any atom is 0.0497 e. The van der Waals surface area contributed by atoms with Crippen LogP contribution in [0.15, 0.2) is 206 Å². The zero-order valence-corrected chi connectivity index (χ0v) is 30.6. The molecule has 8 aromatic carbocycles. The molecule has 8 aromatic rings. The summed E-state index contributed by atoms with van der Waals surface area (Å²) in [6.45, 7) is 0. The van der Waals surface area contributed by atoms with Crippen molar-refractivity contribution in [2.45, 2.75) is 19.3 Å². The molecule has 2 heteroatoms. The number of hydrogen-bond donors (Lipinski definition) is 0. The van der Waals surface area contributed by atoms with Gasteiger partial charge in [-0.25, -0.2) is 0 Å². The van der Waals surface area contributed by atoms with Crippen LogP contribution >= 0.6 is 0 Å². The Bertz CT molecular complexity index is 2700. The molecule has 2 nitrogen and oxygen atoms in total. The van der Waals surface area contributed by atoms with Crippen LogP contribution in [-0.2, 0) is 6.42 Å². The lowest BCUT2D eigenvalue weighted by Crippen LogP contribution is -2.18. The van der Waals surface area contributed by atoms with Crippen molar-refractivity contribution in [3.8, 4) is 22.3 Å². The SMILES string of the molecule is C1=CC(c2ccc(N(c3ccc(-c4ccccc4)cc3)c3ccc(-c4ccc5c(c4)Cc4ccccc4N5c4ccc5ccccc5c4)cc3)cc2)=CCC1. The monoisotopic (exact) mass is 704 g/mol. The summed E-state index contributed by atoms with van der Waals surface area (Å²) in [6, 6.07) is 68.8. The van der Waals surface area contributed by atoms with Gasteiger partial charge in [0.1, 0.15) is 0 Å². The number of para-hydroxylation sites is 1. The number of anilines is 6. The van der Waals surface area contributed by atoms with Crippen LogP contribution in [0.5, 0.6) is 0 Å². The van der Waals surface area contributed by atoms with E-state index in [1.807, 2.05) is 0 Å². The number of rotatable bonds is 7. The van der Waals surface area contributed by atoms with Gasteiger partial charge in [0.15, 0.2) is 0 Å². The molecule has 0 saturated heterocycles. The standard InChI is InChI=1S/C53H40N2/c1-3-11-38(12-4-1)41-19-27-48(28-20-41)54(49-29-21-42(22-30-49)39-13-5-2-6-14-39)50-31-23-43(24-32-50)45-26-34-53-47(35-45)36-46-17-9-10-18-52(46)55(53)51-33-25-40-15-7-8-16-44(40)37-51/h1,3-5,7-35,37H,2,6,36H2. The van der Waals surface area contributed by atoms with E-state index < -0.39 is 0 Å². The second-order valence-corrected chi connectivity index (χ2v) is 14.5. The van der Waals surface area contributed by atoms with Gasteiger partial charge in [-0.2, -0.15) is 0 Å². The Hall–Kier alpha value is -6.90. The smallest absolute Gasteiger partial charge is 0.0497 e. The summed E-state index contributed by atoms with van der Waals surface area (Å²) in [5, 5.41) is 2.50. The van der Waals surface area contributed by atoms with Crippen molar-refractivity contribution in [2.24, 2.45) is 0 Å². The Morgan fingerprint density at radius 1 is 0.400 bits per heavy atom. The molecular weight excluding hydrogens is 665 g/mol. The first-order chi connectivity index (χ1) is 27.2. The Kier molecular flexibility index (Phi) is 8.42. The lowest BCUT2D eigenvalue weighted by atomic mass is 9.92. The van der Waals surface area contributed by atoms with E-state index >= 15 is 0 Å². The molecule has 55 heavy (non-hydrogen) atoms. The van der Waals surface area contributed by atoms with Gasteiger partial charge in [0.05, 0.1) is 0 Å². The van der Waals surface area contributed by atoms with Gasteiger partial charge in [0.2, 0.25) is 0 Å². The molecule has 0 radical (unpaired) electrons. The number of fused-ring (bicyclic) bond motifs is 3. The summed E-state index contributed by atoms with van der Waals surface area (Å²) in [5.74, 6) is 0. The molecule has 0 saturated carbocycles. The Labute approximate surface area is 323 Å². The van der Waals surface area contributed by atoms with Crippen LogP contribution in [0.3, 0.4) is 0 Å². The summed E-state index contributed by atoms with van der Waals surface area (Å²) >= 11 is 0. The van der Waals surface area contributed by atoms with Crippen molar-refractivity contribution in [1.29, 1.82) is 0 Å². The minimum absolute atomic E-state index is 0.900. The molecule has 1 aliphatic carbocycles. The van der Waals surface area contributed by atoms with Crippen molar-refractivity contribution < 1.29 is 0 Å². The van der Waals surface area contributed by atoms with Crippen LogP contribution in [0.25, 0.3) is 38.6 Å². The van der Waals surface area contributed by atoms with E-state index in [0.717, 1.165) is 36.3 Å². The van der Waals surface area contributed by atoms with Crippen molar-refractivity contribution in [1.82, 2.24) is 0 Å². The molecule has 1 heterocycles. The Morgan fingerprint density at radius 3 is 1.69 bits per heavy atom. The third kappa shape index (κ3) is 6.32. The normalized spacial score (nSPS) is 13.2. The highest BCUT2D eigenvalue weighted by molar-refractivity contribution is 5.92. The van der Waals surface area contributed by atoms with E-state index in [1.165, 1.54) is 72.4 Å². The van der Waals surface area contributed by atoms with E-state index in [9.17, 15) is 0 Å². The van der Waals surface area contributed by atoms with E-state index in [1.54, 1.807) is 0 Å². The van der Waals surface area contributed by atoms with E-state index in [2.05, 4.69) is 216 Å². The first kappa shape index (κ1) is 32.7. The summed E-state index contributed by atoms with van der Waals surface area (Å²) in [6.07, 6.45) is 9.98. The van der Waals surface area contributed by atoms with Gasteiger partial charge in [-0.3, -0.25) is 0 Å². The lowest BCUT2D eigenvalue weighted by molar-refractivity contribution is 1.04. The Morgan fingerprint density at radius 2 is 0.982 bits per heavy atom. The highest BCUT2D eigenvalue weighted by Gasteiger charge is 2.24. The predicted octanol–water partition coefficient (Wildman–Crippen LogP) is 14.8. The van der Waals surface area contributed by atoms with E-state index in [0.29, 0.717) is 0 Å². The number of nitrogens with zero attached hydrogens (tertiary/aromatic N) is 2. The molecule has 0 amide bonds. The molecule has 1 aliphatic heterocycles. The summed E-state index contributed by atoms with van der Waals surface area (Å²) in [7, 11) is 0. The molecule has 10 rings (SSSR count). The van der Waals surface area contributed by atoms with Crippen molar-refractivity contribution in [3.05, 3.63) is 223 Å². The molecule has 0 aromatic heterocycles. The largest absolute Gasteiger partial charge is 0.311 e. The molecule has 2 aliphatic rings. The predicted molar refractivity (Wildman–Crippen MR) is 233 cm³/mol. The summed E-state index contributed by atoms with van der Waals surface area (Å²) in [5.41, 5.74) is 17.1. The van der Waals surface area contributed by atoms with Gasteiger partial charge in [-0.1, -0.05) is 140 Å². The fourth-order valence-corrected chi connectivity index (χ4v) is 8.25. The van der Waals surface area contributed by atoms with Gasteiger partial charge in [-0.15, -0.1) is 0 Å². The lowest BCUT2D eigenvalue weighted by Gasteiger charge is -2.34. The second-order valence-electron chi connectivity index (χ2n) is 14.5.